The van der Waals surface area contributed by atoms with Crippen LogP contribution in [-0.4, -0.2) is 21.9 Å². The van der Waals surface area contributed by atoms with E-state index in [9.17, 15) is 10.2 Å². The molecule has 4 rings (SSSR count). The van der Waals surface area contributed by atoms with E-state index >= 15 is 0 Å². The van der Waals surface area contributed by atoms with Crippen molar-refractivity contribution in [1.29, 1.82) is 0 Å². The van der Waals surface area contributed by atoms with Crippen LogP contribution in [0.4, 0.5) is 0 Å². The van der Waals surface area contributed by atoms with Crippen LogP contribution in [0.5, 0.6) is 0 Å². The minimum atomic E-state index is -0.186. The van der Waals surface area contributed by atoms with Crippen LogP contribution in [-0.2, 0) is 0 Å². The summed E-state index contributed by atoms with van der Waals surface area (Å²) in [7, 11) is 0. The number of fused-ring (bicyclic) bond motifs is 5. The quantitative estimate of drug-likeness (QED) is 0.713. The number of aliphatic hydroxyl groups excluding tert-OH is 2. The average molecular weight is 346 g/mol. The first-order valence-electron chi connectivity index (χ1n) is 10.5. The van der Waals surface area contributed by atoms with Crippen molar-refractivity contribution in [2.75, 3.05) is 0 Å². The zero-order valence-corrected chi connectivity index (χ0v) is 15.8. The van der Waals surface area contributed by atoms with Gasteiger partial charge in [0.15, 0.2) is 0 Å². The monoisotopic (exact) mass is 345 g/mol. The van der Waals surface area contributed by atoms with Crippen LogP contribution in [0.25, 0.3) is 0 Å². The summed E-state index contributed by atoms with van der Waals surface area (Å²) in [4.78, 5) is 0. The highest BCUT2D eigenvalue weighted by molar-refractivity contribution is 5.27. The topological polar surface area (TPSA) is 66.5 Å². The van der Waals surface area contributed by atoms with E-state index in [0.29, 0.717) is 35.3 Å². The molecule has 3 heteroatoms. The highest BCUT2D eigenvalue weighted by atomic mass is 16.3. The molecule has 0 bridgehead atoms. The van der Waals surface area contributed by atoms with E-state index in [2.05, 4.69) is 26.0 Å². The molecule has 4 N–H and O–H groups in total. The summed E-state index contributed by atoms with van der Waals surface area (Å²) < 4.78 is 0. The van der Waals surface area contributed by atoms with E-state index in [-0.39, 0.29) is 17.1 Å². The van der Waals surface area contributed by atoms with Crippen LogP contribution in [0.1, 0.15) is 65.2 Å². The molecule has 0 aliphatic heterocycles. The minimum absolute atomic E-state index is 0.00108. The Balaban J connectivity index is 1.73. The fourth-order valence-electron chi connectivity index (χ4n) is 7.21. The Hall–Kier alpha value is -0.800. The lowest BCUT2D eigenvalue weighted by Crippen LogP contribution is -2.69. The van der Waals surface area contributed by atoms with Crippen molar-refractivity contribution in [1.82, 2.24) is 0 Å². The largest absolute Gasteiger partial charge is 0.508 e. The van der Waals surface area contributed by atoms with Crippen molar-refractivity contribution < 1.29 is 10.2 Å². The molecule has 0 aromatic carbocycles. The van der Waals surface area contributed by atoms with E-state index < -0.39 is 0 Å². The number of rotatable bonds is 3. The number of aliphatic hydroxyl groups is 2. The van der Waals surface area contributed by atoms with Crippen molar-refractivity contribution in [2.45, 2.75) is 76.9 Å². The molecule has 4 unspecified atom stereocenters. The van der Waals surface area contributed by atoms with Gasteiger partial charge in [-0.1, -0.05) is 32.8 Å². The third-order valence-electron chi connectivity index (χ3n) is 8.53. The molecule has 0 aromatic rings. The molecule has 0 heterocycles. The van der Waals surface area contributed by atoms with Crippen LogP contribution in [0.15, 0.2) is 24.0 Å². The zero-order valence-electron chi connectivity index (χ0n) is 15.8. The lowest BCUT2D eigenvalue weighted by Gasteiger charge is -2.63. The molecule has 0 aromatic heterocycles. The second kappa shape index (κ2) is 6.13. The molecule has 3 nitrogen and oxygen atoms in total. The highest BCUT2D eigenvalue weighted by Crippen LogP contribution is 2.64. The van der Waals surface area contributed by atoms with Gasteiger partial charge < -0.3 is 15.9 Å². The molecule has 140 valence electrons. The third kappa shape index (κ3) is 2.45. The average Bonchev–Trinajstić information content (AvgIpc) is 2.89. The van der Waals surface area contributed by atoms with Crippen molar-refractivity contribution in [3.05, 3.63) is 24.0 Å². The number of nitrogens with two attached hydrogens (primary N) is 1. The summed E-state index contributed by atoms with van der Waals surface area (Å²) in [5.74, 6) is 2.74. The van der Waals surface area contributed by atoms with Gasteiger partial charge >= 0.3 is 0 Å². The Morgan fingerprint density at radius 2 is 2.08 bits per heavy atom. The maximum Gasteiger partial charge on any atom is 0.111 e. The van der Waals surface area contributed by atoms with Crippen LogP contribution in [0.2, 0.25) is 0 Å². The Bertz CT molecular complexity index is 585. The normalized spacial score (nSPS) is 51.4. The van der Waals surface area contributed by atoms with Gasteiger partial charge in [-0.25, -0.2) is 0 Å². The zero-order chi connectivity index (χ0) is 17.8. The van der Waals surface area contributed by atoms with E-state index in [0.717, 1.165) is 32.1 Å². The van der Waals surface area contributed by atoms with Gasteiger partial charge in [0.05, 0.1) is 6.10 Å². The first-order chi connectivity index (χ1) is 11.9. The molecule has 0 amide bonds. The number of hydrogen-bond donors (Lipinski definition) is 3. The van der Waals surface area contributed by atoms with Crippen LogP contribution in [0, 0.1) is 35.0 Å². The Labute approximate surface area is 152 Å². The molecule has 4 aliphatic carbocycles. The standard InChI is InChI=1S/C22H35NO2/c1-3-4-5-15-12-14-13-16(24)6-7-17(14)18-10-11-21(2)19(22(15,18)23)8-9-20(21)25/h6-7,13-15,17-20,24-25H,3-5,8-12,23H2,1-2H3/t14?,15-,17?,18-,19-,20?,21+,22?/m1/s1. The smallest absolute Gasteiger partial charge is 0.111 e. The Kier molecular flexibility index (Phi) is 4.31. The summed E-state index contributed by atoms with van der Waals surface area (Å²) in [6.45, 7) is 4.55. The predicted octanol–water partition coefficient (Wildman–Crippen LogP) is 4.33. The van der Waals surface area contributed by atoms with Gasteiger partial charge in [-0.05, 0) is 85.7 Å². The fourth-order valence-corrected chi connectivity index (χ4v) is 7.21. The molecular formula is C22H35NO2. The van der Waals surface area contributed by atoms with Crippen LogP contribution < -0.4 is 5.73 Å². The second-order valence-electron chi connectivity index (χ2n) is 9.56. The number of hydrogen-bond acceptors (Lipinski definition) is 3. The summed E-state index contributed by atoms with van der Waals surface area (Å²) >= 11 is 0. The van der Waals surface area contributed by atoms with Crippen molar-refractivity contribution in [3.63, 3.8) is 0 Å². The van der Waals surface area contributed by atoms with Crippen LogP contribution in [0.3, 0.4) is 0 Å². The molecule has 0 radical (unpaired) electrons. The van der Waals surface area contributed by atoms with Gasteiger partial charge in [-0.15, -0.1) is 0 Å². The molecule has 3 fully saturated rings. The molecule has 8 atom stereocenters. The minimum Gasteiger partial charge on any atom is -0.508 e. The second-order valence-corrected chi connectivity index (χ2v) is 9.56. The number of allylic oxidation sites excluding steroid dienone is 3. The van der Waals surface area contributed by atoms with Gasteiger partial charge in [-0.2, -0.15) is 0 Å². The van der Waals surface area contributed by atoms with Crippen molar-refractivity contribution in [3.8, 4) is 0 Å². The summed E-state index contributed by atoms with van der Waals surface area (Å²) in [5.41, 5.74) is 7.23. The maximum absolute atomic E-state index is 10.7. The third-order valence-corrected chi connectivity index (χ3v) is 8.53. The van der Waals surface area contributed by atoms with Crippen molar-refractivity contribution in [2.24, 2.45) is 40.7 Å². The Morgan fingerprint density at radius 3 is 2.84 bits per heavy atom. The van der Waals surface area contributed by atoms with E-state index in [1.54, 1.807) is 0 Å². The van der Waals surface area contributed by atoms with Crippen LogP contribution >= 0.6 is 0 Å². The first-order valence-corrected chi connectivity index (χ1v) is 10.5. The van der Waals surface area contributed by atoms with Gasteiger partial charge in [0, 0.05) is 5.54 Å². The Morgan fingerprint density at radius 1 is 1.28 bits per heavy atom. The summed E-state index contributed by atoms with van der Waals surface area (Å²) in [6.07, 6.45) is 14.9. The lowest BCUT2D eigenvalue weighted by molar-refractivity contribution is -0.105. The fraction of sp³-hybridized carbons (Fsp3) is 0.818. The van der Waals surface area contributed by atoms with E-state index in [4.69, 9.17) is 5.73 Å². The van der Waals surface area contributed by atoms with Gasteiger partial charge in [-0.3, -0.25) is 0 Å². The van der Waals surface area contributed by atoms with E-state index in [1.165, 1.54) is 19.3 Å². The lowest BCUT2D eigenvalue weighted by atomic mass is 9.45. The maximum atomic E-state index is 10.7. The molecule has 3 saturated carbocycles. The van der Waals surface area contributed by atoms with Gasteiger partial charge in [0.25, 0.3) is 0 Å². The SMILES string of the molecule is CCCC[C@@H]1CC2C=C(O)C=CC2[C@H]2CC[C@]3(C)C(O)CC[C@H]3C12N. The highest BCUT2D eigenvalue weighted by Gasteiger charge is 2.64. The van der Waals surface area contributed by atoms with E-state index in [1.807, 2.05) is 6.08 Å². The molecule has 4 aliphatic rings. The van der Waals surface area contributed by atoms with Gasteiger partial charge in [0.1, 0.15) is 5.76 Å². The molecule has 0 spiro atoms. The summed E-state index contributed by atoms with van der Waals surface area (Å²) in [6, 6.07) is 0. The van der Waals surface area contributed by atoms with Crippen molar-refractivity contribution >= 4 is 0 Å². The predicted molar refractivity (Wildman–Crippen MR) is 101 cm³/mol. The number of unbranched alkanes of at least 4 members (excludes halogenated alkanes) is 1. The summed E-state index contributed by atoms with van der Waals surface area (Å²) in [5, 5.41) is 20.7. The molecular weight excluding hydrogens is 310 g/mol. The first kappa shape index (κ1) is 17.6. The molecule has 25 heavy (non-hydrogen) atoms. The molecule has 0 saturated heterocycles. The van der Waals surface area contributed by atoms with Gasteiger partial charge in [0.2, 0.25) is 0 Å².